The molecule has 1 aromatic carbocycles. The molecule has 1 aliphatic heterocycles. The van der Waals surface area contributed by atoms with E-state index in [1.54, 1.807) is 34.9 Å². The van der Waals surface area contributed by atoms with E-state index >= 15 is 0 Å². The van der Waals surface area contributed by atoms with Gasteiger partial charge >= 0.3 is 0 Å². The highest BCUT2D eigenvalue weighted by molar-refractivity contribution is 6.31. The maximum atomic E-state index is 12.9. The molecule has 0 N–H and O–H groups in total. The average Bonchev–Trinajstić information content (AvgIpc) is 3.16. The molecule has 28 heavy (non-hydrogen) atoms. The number of ether oxygens (including phenoxy) is 1. The molecular weight excluding hydrogens is 382 g/mol. The first-order valence-corrected chi connectivity index (χ1v) is 9.42. The minimum atomic E-state index is -0.0937. The van der Waals surface area contributed by atoms with E-state index < -0.39 is 0 Å². The fourth-order valence-electron chi connectivity index (χ4n) is 3.36. The van der Waals surface area contributed by atoms with Crippen molar-refractivity contribution < 1.29 is 9.53 Å². The summed E-state index contributed by atoms with van der Waals surface area (Å²) >= 11 is 6.07. The zero-order chi connectivity index (χ0) is 19.7. The minimum Gasteiger partial charge on any atom is -0.496 e. The number of aryl methyl sites for hydroxylation is 1. The lowest BCUT2D eigenvalue weighted by Gasteiger charge is -2.35. The Kier molecular flexibility index (Phi) is 4.99. The molecule has 0 bridgehead atoms. The van der Waals surface area contributed by atoms with E-state index in [2.05, 4.69) is 25.2 Å². The molecule has 3 heterocycles. The van der Waals surface area contributed by atoms with Crippen LogP contribution in [0.3, 0.4) is 0 Å². The van der Waals surface area contributed by atoms with E-state index in [1.165, 1.54) is 6.33 Å². The number of piperazine rings is 1. The summed E-state index contributed by atoms with van der Waals surface area (Å²) in [7, 11) is 1.54. The van der Waals surface area contributed by atoms with Crippen LogP contribution in [0.2, 0.25) is 5.02 Å². The number of benzene rings is 1. The SMILES string of the molecule is CCn1nnc2c(N3CCN(C(=O)c4cc(Cl)ccc4OC)CC3)ncnc21. The standard InChI is InChI=1S/C18H20ClN7O2/c1-3-26-17-15(22-23-26)16(20-11-21-17)24-6-8-25(9-7-24)18(27)13-10-12(19)4-5-14(13)28-2/h4-5,10-11H,3,6-9H2,1-2H3. The van der Waals surface area contributed by atoms with Crippen molar-refractivity contribution >= 4 is 34.5 Å². The summed E-state index contributed by atoms with van der Waals surface area (Å²) in [5.41, 5.74) is 1.87. The van der Waals surface area contributed by atoms with E-state index in [-0.39, 0.29) is 5.91 Å². The Morgan fingerprint density at radius 3 is 2.71 bits per heavy atom. The number of hydrogen-bond donors (Lipinski definition) is 0. The molecule has 0 unspecified atom stereocenters. The third-order valence-corrected chi connectivity index (χ3v) is 5.07. The van der Waals surface area contributed by atoms with Gasteiger partial charge in [0.25, 0.3) is 5.91 Å². The van der Waals surface area contributed by atoms with Crippen LogP contribution < -0.4 is 9.64 Å². The first-order chi connectivity index (χ1) is 13.6. The van der Waals surface area contributed by atoms with Crippen LogP contribution in [-0.2, 0) is 6.54 Å². The molecule has 0 aliphatic carbocycles. The fourth-order valence-corrected chi connectivity index (χ4v) is 3.54. The Bertz CT molecular complexity index is 1010. The second kappa shape index (κ2) is 7.59. The van der Waals surface area contributed by atoms with E-state index in [0.29, 0.717) is 54.6 Å². The largest absolute Gasteiger partial charge is 0.496 e. The number of carbonyl (C=O) groups is 1. The molecule has 3 aromatic rings. The molecule has 0 atom stereocenters. The summed E-state index contributed by atoms with van der Waals surface area (Å²) < 4.78 is 7.05. The van der Waals surface area contributed by atoms with Gasteiger partial charge in [-0.2, -0.15) is 0 Å². The summed E-state index contributed by atoms with van der Waals surface area (Å²) in [4.78, 5) is 25.5. The number of rotatable bonds is 4. The summed E-state index contributed by atoms with van der Waals surface area (Å²) in [5, 5.41) is 8.86. The molecule has 0 radical (unpaired) electrons. The normalized spacial score (nSPS) is 14.5. The fraction of sp³-hybridized carbons (Fsp3) is 0.389. The van der Waals surface area contributed by atoms with Gasteiger partial charge in [-0.3, -0.25) is 4.79 Å². The van der Waals surface area contributed by atoms with Crippen LogP contribution in [0.1, 0.15) is 17.3 Å². The van der Waals surface area contributed by atoms with Crippen LogP contribution in [-0.4, -0.2) is 69.1 Å². The Hall–Kier alpha value is -2.94. The monoisotopic (exact) mass is 401 g/mol. The van der Waals surface area contributed by atoms with Crippen molar-refractivity contribution in [3.8, 4) is 5.75 Å². The van der Waals surface area contributed by atoms with Gasteiger partial charge in [0.1, 0.15) is 12.1 Å². The number of methoxy groups -OCH3 is 1. The quantitative estimate of drug-likeness (QED) is 0.659. The Morgan fingerprint density at radius 2 is 2.00 bits per heavy atom. The van der Waals surface area contributed by atoms with Gasteiger partial charge in [0.15, 0.2) is 17.0 Å². The van der Waals surface area contributed by atoms with Crippen molar-refractivity contribution in [2.75, 3.05) is 38.2 Å². The zero-order valence-electron chi connectivity index (χ0n) is 15.7. The minimum absolute atomic E-state index is 0.0937. The van der Waals surface area contributed by atoms with Crippen LogP contribution in [0.5, 0.6) is 5.75 Å². The number of nitrogens with zero attached hydrogens (tertiary/aromatic N) is 7. The van der Waals surface area contributed by atoms with Crippen LogP contribution in [0.4, 0.5) is 5.82 Å². The second-order valence-corrected chi connectivity index (χ2v) is 6.83. The van der Waals surface area contributed by atoms with Crippen molar-refractivity contribution in [2.24, 2.45) is 0 Å². The van der Waals surface area contributed by atoms with Crippen LogP contribution in [0.25, 0.3) is 11.2 Å². The first-order valence-electron chi connectivity index (χ1n) is 9.04. The van der Waals surface area contributed by atoms with E-state index in [9.17, 15) is 4.79 Å². The highest BCUT2D eigenvalue weighted by atomic mass is 35.5. The molecule has 146 valence electrons. The third-order valence-electron chi connectivity index (χ3n) is 4.84. The topological polar surface area (TPSA) is 89.3 Å². The Morgan fingerprint density at radius 1 is 1.21 bits per heavy atom. The van der Waals surface area contributed by atoms with Gasteiger partial charge in [-0.05, 0) is 25.1 Å². The molecule has 1 aliphatic rings. The molecule has 10 heteroatoms. The van der Waals surface area contributed by atoms with Gasteiger partial charge in [-0.15, -0.1) is 5.10 Å². The van der Waals surface area contributed by atoms with Crippen molar-refractivity contribution in [3.63, 3.8) is 0 Å². The van der Waals surface area contributed by atoms with Gasteiger partial charge < -0.3 is 14.5 Å². The number of halogens is 1. The van der Waals surface area contributed by atoms with Gasteiger partial charge in [-0.25, -0.2) is 14.6 Å². The molecule has 0 spiro atoms. The zero-order valence-corrected chi connectivity index (χ0v) is 16.4. The highest BCUT2D eigenvalue weighted by Gasteiger charge is 2.26. The number of carbonyl (C=O) groups excluding carboxylic acids is 1. The summed E-state index contributed by atoms with van der Waals surface area (Å²) in [5.74, 6) is 1.17. The van der Waals surface area contributed by atoms with E-state index in [4.69, 9.17) is 16.3 Å². The lowest BCUT2D eigenvalue weighted by atomic mass is 10.1. The molecule has 1 fully saturated rings. The van der Waals surface area contributed by atoms with Crippen LogP contribution >= 0.6 is 11.6 Å². The summed E-state index contributed by atoms with van der Waals surface area (Å²) in [6.07, 6.45) is 1.53. The number of hydrogen-bond acceptors (Lipinski definition) is 7. The van der Waals surface area contributed by atoms with Crippen LogP contribution in [0, 0.1) is 0 Å². The molecule has 2 aromatic heterocycles. The van der Waals surface area contributed by atoms with Gasteiger partial charge in [0.2, 0.25) is 0 Å². The van der Waals surface area contributed by atoms with Crippen molar-refractivity contribution in [2.45, 2.75) is 13.5 Å². The molecule has 0 saturated carbocycles. The number of amides is 1. The molecule has 1 saturated heterocycles. The van der Waals surface area contributed by atoms with Crippen molar-refractivity contribution in [1.29, 1.82) is 0 Å². The van der Waals surface area contributed by atoms with E-state index in [1.807, 2.05) is 6.92 Å². The molecule has 1 amide bonds. The first kappa shape index (κ1) is 18.4. The lowest BCUT2D eigenvalue weighted by Crippen LogP contribution is -2.49. The number of anilines is 1. The maximum Gasteiger partial charge on any atom is 0.257 e. The lowest BCUT2D eigenvalue weighted by molar-refractivity contribution is 0.0743. The summed E-state index contributed by atoms with van der Waals surface area (Å²) in [6.45, 7) is 5.07. The number of fused-ring (bicyclic) bond motifs is 1. The van der Waals surface area contributed by atoms with Gasteiger partial charge in [0.05, 0.1) is 12.7 Å². The van der Waals surface area contributed by atoms with Crippen molar-refractivity contribution in [1.82, 2.24) is 29.9 Å². The smallest absolute Gasteiger partial charge is 0.257 e. The Labute approximate surface area is 166 Å². The Balaban J connectivity index is 1.52. The molecule has 4 rings (SSSR count). The maximum absolute atomic E-state index is 12.9. The van der Waals surface area contributed by atoms with Gasteiger partial charge in [-0.1, -0.05) is 16.8 Å². The molecule has 9 nitrogen and oxygen atoms in total. The summed E-state index contributed by atoms with van der Waals surface area (Å²) in [6, 6.07) is 5.06. The average molecular weight is 402 g/mol. The third kappa shape index (κ3) is 3.22. The predicted molar refractivity (Wildman–Crippen MR) is 105 cm³/mol. The van der Waals surface area contributed by atoms with Crippen molar-refractivity contribution in [3.05, 3.63) is 35.1 Å². The van der Waals surface area contributed by atoms with Gasteiger partial charge in [0, 0.05) is 37.7 Å². The molecular formula is C18H20ClN7O2. The van der Waals surface area contributed by atoms with E-state index in [0.717, 1.165) is 11.5 Å². The predicted octanol–water partition coefficient (Wildman–Crippen LogP) is 1.87. The number of aromatic nitrogens is 5. The van der Waals surface area contributed by atoms with Crippen LogP contribution in [0.15, 0.2) is 24.5 Å². The second-order valence-electron chi connectivity index (χ2n) is 6.40. The highest BCUT2D eigenvalue weighted by Crippen LogP contribution is 2.26.